The van der Waals surface area contributed by atoms with Gasteiger partial charge in [0.25, 0.3) is 5.91 Å². The monoisotopic (exact) mass is 429 g/mol. The van der Waals surface area contributed by atoms with Crippen LogP contribution in [0.25, 0.3) is 0 Å². The van der Waals surface area contributed by atoms with Gasteiger partial charge in [-0.05, 0) is 49.7 Å². The molecular formula is C20H19N3O6S. The van der Waals surface area contributed by atoms with Crippen LogP contribution in [0.5, 0.6) is 11.5 Å². The highest BCUT2D eigenvalue weighted by molar-refractivity contribution is 7.92. The molecule has 0 bridgehead atoms. The van der Waals surface area contributed by atoms with Crippen molar-refractivity contribution in [1.82, 2.24) is 10.2 Å². The van der Waals surface area contributed by atoms with E-state index in [1.807, 2.05) is 0 Å². The Morgan fingerprint density at radius 2 is 1.80 bits per heavy atom. The number of nitrogens with one attached hydrogen (secondary N) is 1. The number of carbonyl (C=O) groups is 1. The van der Waals surface area contributed by atoms with Gasteiger partial charge in [-0.25, -0.2) is 8.42 Å². The van der Waals surface area contributed by atoms with Crippen LogP contribution in [0.2, 0.25) is 0 Å². The first-order valence-electron chi connectivity index (χ1n) is 9.19. The van der Waals surface area contributed by atoms with Crippen LogP contribution in [0.1, 0.15) is 35.7 Å². The van der Waals surface area contributed by atoms with E-state index in [1.165, 1.54) is 0 Å². The van der Waals surface area contributed by atoms with Crippen molar-refractivity contribution >= 4 is 21.8 Å². The van der Waals surface area contributed by atoms with Crippen molar-refractivity contribution in [3.63, 3.8) is 0 Å². The number of hydrogen-bond acceptors (Lipinski definition) is 8. The highest BCUT2D eigenvalue weighted by Crippen LogP contribution is 2.32. The molecule has 2 aromatic carbocycles. The lowest BCUT2D eigenvalue weighted by Gasteiger charge is -2.08. The second-order valence-corrected chi connectivity index (χ2v) is 9.44. The van der Waals surface area contributed by atoms with E-state index in [0.29, 0.717) is 23.5 Å². The maximum Gasteiger partial charge on any atom is 0.322 e. The van der Waals surface area contributed by atoms with Crippen molar-refractivity contribution in [3.8, 4) is 11.5 Å². The Morgan fingerprint density at radius 3 is 2.53 bits per heavy atom. The first-order valence-corrected chi connectivity index (χ1v) is 10.7. The summed E-state index contributed by atoms with van der Waals surface area (Å²) in [6.07, 6.45) is 0.300. The summed E-state index contributed by atoms with van der Waals surface area (Å²) < 4.78 is 40.3. The Kier molecular flexibility index (Phi) is 5.17. The van der Waals surface area contributed by atoms with Gasteiger partial charge in [0.2, 0.25) is 12.7 Å². The van der Waals surface area contributed by atoms with Crippen LogP contribution in [0.4, 0.5) is 6.01 Å². The molecule has 0 radical (unpaired) electrons. The number of carbonyl (C=O) groups excluding carboxylic acids is 1. The number of amides is 1. The molecule has 1 aliphatic rings. The van der Waals surface area contributed by atoms with Gasteiger partial charge in [0.05, 0.1) is 16.6 Å². The molecule has 9 nitrogen and oxygen atoms in total. The van der Waals surface area contributed by atoms with Crippen LogP contribution in [0.3, 0.4) is 0 Å². The van der Waals surface area contributed by atoms with Gasteiger partial charge in [0.15, 0.2) is 21.3 Å². The van der Waals surface area contributed by atoms with Crippen molar-refractivity contribution in [1.29, 1.82) is 0 Å². The predicted molar refractivity (Wildman–Crippen MR) is 106 cm³/mol. The number of sulfone groups is 1. The van der Waals surface area contributed by atoms with E-state index in [4.69, 9.17) is 13.9 Å². The molecule has 0 aliphatic carbocycles. The third-order valence-electron chi connectivity index (χ3n) is 4.55. The standard InChI is InChI=1S/C20H19N3O6S/c1-12(2)30(25,26)15-6-3-13(4-7-15)9-18-22-23-20(29-18)21-19(24)14-5-8-16-17(10-14)28-11-27-16/h3-8,10,12H,9,11H2,1-2H3,(H,21,23,24). The molecule has 1 aliphatic heterocycles. The largest absolute Gasteiger partial charge is 0.454 e. The van der Waals surface area contributed by atoms with Gasteiger partial charge < -0.3 is 13.9 Å². The van der Waals surface area contributed by atoms with E-state index in [2.05, 4.69) is 15.5 Å². The van der Waals surface area contributed by atoms with E-state index >= 15 is 0 Å². The van der Waals surface area contributed by atoms with Crippen molar-refractivity contribution in [2.45, 2.75) is 30.4 Å². The highest BCUT2D eigenvalue weighted by atomic mass is 32.2. The number of hydrogen-bond donors (Lipinski definition) is 1. The third kappa shape index (κ3) is 3.99. The van der Waals surface area contributed by atoms with Gasteiger partial charge in [-0.3, -0.25) is 10.1 Å². The van der Waals surface area contributed by atoms with E-state index in [-0.39, 0.29) is 23.6 Å². The smallest absolute Gasteiger partial charge is 0.322 e. The minimum absolute atomic E-state index is 0.0355. The normalized spacial score (nSPS) is 12.9. The number of benzene rings is 2. The van der Waals surface area contributed by atoms with Crippen molar-refractivity contribution < 1.29 is 27.1 Å². The van der Waals surface area contributed by atoms with Gasteiger partial charge >= 0.3 is 6.01 Å². The molecule has 2 heterocycles. The quantitative estimate of drug-likeness (QED) is 0.635. The SMILES string of the molecule is CC(C)S(=O)(=O)c1ccc(Cc2nnc(NC(=O)c3ccc4c(c3)OCO4)o2)cc1. The van der Waals surface area contributed by atoms with Crippen LogP contribution in [0, 0.1) is 0 Å². The second kappa shape index (κ2) is 7.79. The van der Waals surface area contributed by atoms with Crippen LogP contribution in [-0.2, 0) is 16.3 Å². The minimum atomic E-state index is -3.32. The van der Waals surface area contributed by atoms with Gasteiger partial charge in [-0.1, -0.05) is 17.2 Å². The molecule has 1 N–H and O–H groups in total. The topological polar surface area (TPSA) is 121 Å². The highest BCUT2D eigenvalue weighted by Gasteiger charge is 2.20. The Labute approximate surface area is 172 Å². The van der Waals surface area contributed by atoms with E-state index in [1.54, 1.807) is 56.3 Å². The van der Waals surface area contributed by atoms with Gasteiger partial charge in [-0.2, -0.15) is 0 Å². The first-order chi connectivity index (χ1) is 14.3. The number of nitrogens with zero attached hydrogens (tertiary/aromatic N) is 2. The molecule has 1 amide bonds. The summed E-state index contributed by atoms with van der Waals surface area (Å²) in [6, 6.07) is 11.3. The number of anilines is 1. The summed E-state index contributed by atoms with van der Waals surface area (Å²) in [7, 11) is -3.32. The van der Waals surface area contributed by atoms with Crippen molar-refractivity contribution in [2.24, 2.45) is 0 Å². The van der Waals surface area contributed by atoms with Crippen LogP contribution in [-0.4, -0.2) is 36.6 Å². The summed E-state index contributed by atoms with van der Waals surface area (Å²) >= 11 is 0. The second-order valence-electron chi connectivity index (χ2n) is 6.94. The first kappa shape index (κ1) is 19.9. The zero-order valence-electron chi connectivity index (χ0n) is 16.3. The lowest BCUT2D eigenvalue weighted by Crippen LogP contribution is -2.13. The Hall–Kier alpha value is -3.40. The summed E-state index contributed by atoms with van der Waals surface area (Å²) in [5.41, 5.74) is 1.16. The molecule has 3 aromatic rings. The molecule has 10 heteroatoms. The summed E-state index contributed by atoms with van der Waals surface area (Å²) in [5.74, 6) is 0.942. The molecule has 0 atom stereocenters. The molecule has 30 heavy (non-hydrogen) atoms. The molecule has 4 rings (SSSR count). The Morgan fingerprint density at radius 1 is 1.07 bits per heavy atom. The maximum atomic E-state index is 12.4. The van der Waals surface area contributed by atoms with E-state index in [9.17, 15) is 13.2 Å². The van der Waals surface area contributed by atoms with Crippen molar-refractivity contribution in [3.05, 3.63) is 59.5 Å². The fraction of sp³-hybridized carbons (Fsp3) is 0.250. The zero-order valence-corrected chi connectivity index (χ0v) is 17.1. The lowest BCUT2D eigenvalue weighted by molar-refractivity contribution is 0.102. The van der Waals surface area contributed by atoms with Gasteiger partial charge in [0, 0.05) is 5.56 Å². The van der Waals surface area contributed by atoms with E-state index < -0.39 is 21.0 Å². The van der Waals surface area contributed by atoms with Crippen LogP contribution in [0.15, 0.2) is 51.8 Å². The number of ether oxygens (including phenoxy) is 2. The zero-order chi connectivity index (χ0) is 21.3. The third-order valence-corrected chi connectivity index (χ3v) is 6.72. The van der Waals surface area contributed by atoms with Crippen LogP contribution < -0.4 is 14.8 Å². The lowest BCUT2D eigenvalue weighted by atomic mass is 10.1. The summed E-state index contributed by atoms with van der Waals surface area (Å²) in [4.78, 5) is 12.6. The molecule has 0 saturated carbocycles. The fourth-order valence-corrected chi connectivity index (χ4v) is 3.89. The van der Waals surface area contributed by atoms with Gasteiger partial charge in [0.1, 0.15) is 0 Å². The molecule has 0 saturated heterocycles. The fourth-order valence-electron chi connectivity index (χ4n) is 2.83. The molecule has 156 valence electrons. The molecule has 0 spiro atoms. The number of aromatic nitrogens is 2. The van der Waals surface area contributed by atoms with E-state index in [0.717, 1.165) is 5.56 Å². The minimum Gasteiger partial charge on any atom is -0.454 e. The molecule has 0 unspecified atom stereocenters. The summed E-state index contributed by atoms with van der Waals surface area (Å²) in [6.45, 7) is 3.40. The molecular weight excluding hydrogens is 410 g/mol. The van der Waals surface area contributed by atoms with Crippen LogP contribution >= 0.6 is 0 Å². The maximum absolute atomic E-state index is 12.4. The van der Waals surface area contributed by atoms with Crippen molar-refractivity contribution in [2.75, 3.05) is 12.1 Å². The Balaban J connectivity index is 1.41. The molecule has 1 aromatic heterocycles. The average molecular weight is 429 g/mol. The molecule has 0 fully saturated rings. The predicted octanol–water partition coefficient (Wildman–Crippen LogP) is 2.82. The average Bonchev–Trinajstić information content (AvgIpc) is 3.36. The summed E-state index contributed by atoms with van der Waals surface area (Å²) in [5, 5.41) is 9.80. The Bertz CT molecular complexity index is 1190. The van der Waals surface area contributed by atoms with Gasteiger partial charge in [-0.15, -0.1) is 5.10 Å². The number of fused-ring (bicyclic) bond motifs is 1. The number of rotatable bonds is 6.